The van der Waals surface area contributed by atoms with Crippen molar-refractivity contribution in [2.24, 2.45) is 17.8 Å². The second-order valence-electron chi connectivity index (χ2n) is 4.15. The highest BCUT2D eigenvalue weighted by Crippen LogP contribution is 2.32. The van der Waals surface area contributed by atoms with Crippen LogP contribution < -0.4 is 0 Å². The molecule has 0 aromatic rings. The standard InChI is InChI=1S/C12H17N/c1-8(2)12-6-9(3)5-11(7-13)10(12)4/h5-6,8,10-11H,1-4H3. The number of hydrogen-bond donors (Lipinski definition) is 0. The third-order valence-corrected chi connectivity index (χ3v) is 2.72. The third kappa shape index (κ3) is 2.01. The van der Waals surface area contributed by atoms with E-state index in [0.717, 1.165) is 0 Å². The predicted molar refractivity (Wildman–Crippen MR) is 54.9 cm³/mol. The summed E-state index contributed by atoms with van der Waals surface area (Å²) in [7, 11) is 0. The summed E-state index contributed by atoms with van der Waals surface area (Å²) in [6, 6.07) is 2.35. The molecular weight excluding hydrogens is 158 g/mol. The van der Waals surface area contributed by atoms with Gasteiger partial charge in [-0.1, -0.05) is 44.1 Å². The van der Waals surface area contributed by atoms with Gasteiger partial charge in [-0.3, -0.25) is 0 Å². The van der Waals surface area contributed by atoms with Gasteiger partial charge in [-0.05, 0) is 18.8 Å². The molecule has 0 fully saturated rings. The molecule has 1 heteroatoms. The van der Waals surface area contributed by atoms with Crippen LogP contribution in [0.5, 0.6) is 0 Å². The van der Waals surface area contributed by atoms with Crippen LogP contribution >= 0.6 is 0 Å². The fourth-order valence-corrected chi connectivity index (χ4v) is 1.92. The summed E-state index contributed by atoms with van der Waals surface area (Å²) < 4.78 is 0. The molecular formula is C12H17N. The monoisotopic (exact) mass is 175 g/mol. The minimum atomic E-state index is 0.0717. The zero-order valence-corrected chi connectivity index (χ0v) is 8.83. The minimum absolute atomic E-state index is 0.0717. The second kappa shape index (κ2) is 3.79. The highest BCUT2D eigenvalue weighted by atomic mass is 14.3. The molecule has 2 atom stereocenters. The first-order chi connectivity index (χ1) is 6.06. The zero-order chi connectivity index (χ0) is 10.0. The fourth-order valence-electron chi connectivity index (χ4n) is 1.92. The van der Waals surface area contributed by atoms with Gasteiger partial charge in [0.05, 0.1) is 12.0 Å². The van der Waals surface area contributed by atoms with Crippen molar-refractivity contribution in [3.05, 3.63) is 23.3 Å². The van der Waals surface area contributed by atoms with Crippen LogP contribution in [0.15, 0.2) is 23.3 Å². The number of hydrogen-bond acceptors (Lipinski definition) is 1. The van der Waals surface area contributed by atoms with Gasteiger partial charge in [0, 0.05) is 0 Å². The number of nitriles is 1. The van der Waals surface area contributed by atoms with Crippen molar-refractivity contribution in [2.45, 2.75) is 27.7 Å². The summed E-state index contributed by atoms with van der Waals surface area (Å²) in [5.74, 6) is 1.01. The normalized spacial score (nSPS) is 28.0. The Balaban J connectivity index is 2.98. The molecule has 0 aromatic heterocycles. The van der Waals surface area contributed by atoms with E-state index < -0.39 is 0 Å². The van der Waals surface area contributed by atoms with Crippen LogP contribution in [0.2, 0.25) is 0 Å². The molecule has 0 saturated carbocycles. The van der Waals surface area contributed by atoms with Crippen LogP contribution in [-0.4, -0.2) is 0 Å². The van der Waals surface area contributed by atoms with E-state index in [0.29, 0.717) is 11.8 Å². The van der Waals surface area contributed by atoms with Crippen molar-refractivity contribution < 1.29 is 0 Å². The summed E-state index contributed by atoms with van der Waals surface area (Å²) in [5, 5.41) is 8.96. The average molecular weight is 175 g/mol. The van der Waals surface area contributed by atoms with E-state index in [1.54, 1.807) is 0 Å². The van der Waals surface area contributed by atoms with Crippen molar-refractivity contribution in [1.29, 1.82) is 5.26 Å². The lowest BCUT2D eigenvalue weighted by Crippen LogP contribution is -2.17. The van der Waals surface area contributed by atoms with Gasteiger partial charge >= 0.3 is 0 Å². The molecule has 0 aliphatic heterocycles. The van der Waals surface area contributed by atoms with Crippen LogP contribution in [0, 0.1) is 29.1 Å². The highest BCUT2D eigenvalue weighted by molar-refractivity contribution is 5.33. The van der Waals surface area contributed by atoms with Crippen molar-refractivity contribution >= 4 is 0 Å². The molecule has 0 radical (unpaired) electrons. The molecule has 1 aliphatic rings. The van der Waals surface area contributed by atoms with Crippen LogP contribution in [0.3, 0.4) is 0 Å². The molecule has 0 spiro atoms. The molecule has 1 aliphatic carbocycles. The van der Waals surface area contributed by atoms with Gasteiger partial charge in [0.15, 0.2) is 0 Å². The first-order valence-electron chi connectivity index (χ1n) is 4.85. The number of nitrogens with zero attached hydrogens (tertiary/aromatic N) is 1. The maximum atomic E-state index is 8.96. The van der Waals surface area contributed by atoms with E-state index in [1.165, 1.54) is 11.1 Å². The maximum Gasteiger partial charge on any atom is 0.0711 e. The Labute approximate surface area is 80.8 Å². The minimum Gasteiger partial charge on any atom is -0.198 e. The van der Waals surface area contributed by atoms with Crippen LogP contribution in [-0.2, 0) is 0 Å². The lowest BCUT2D eigenvalue weighted by molar-refractivity contribution is 0.514. The van der Waals surface area contributed by atoms with Crippen molar-refractivity contribution in [2.75, 3.05) is 0 Å². The maximum absolute atomic E-state index is 8.96. The fraction of sp³-hybridized carbons (Fsp3) is 0.583. The quantitative estimate of drug-likeness (QED) is 0.600. The van der Waals surface area contributed by atoms with Gasteiger partial charge in [0.25, 0.3) is 0 Å². The Bertz CT molecular complexity index is 289. The SMILES string of the molecule is CC1=CC(C#N)C(C)C(C(C)C)=C1. The molecule has 0 saturated heterocycles. The summed E-state index contributed by atoms with van der Waals surface area (Å²) in [5.41, 5.74) is 2.64. The largest absolute Gasteiger partial charge is 0.198 e. The summed E-state index contributed by atoms with van der Waals surface area (Å²) in [6.45, 7) is 8.59. The van der Waals surface area contributed by atoms with Crippen molar-refractivity contribution in [3.8, 4) is 6.07 Å². The zero-order valence-electron chi connectivity index (χ0n) is 8.83. The van der Waals surface area contributed by atoms with Crippen LogP contribution in [0.25, 0.3) is 0 Å². The van der Waals surface area contributed by atoms with E-state index in [-0.39, 0.29) is 5.92 Å². The average Bonchev–Trinajstić information content (AvgIpc) is 2.08. The first kappa shape index (κ1) is 10.1. The van der Waals surface area contributed by atoms with Gasteiger partial charge in [-0.2, -0.15) is 5.26 Å². The number of rotatable bonds is 1. The summed E-state index contributed by atoms with van der Waals surface area (Å²) >= 11 is 0. The van der Waals surface area contributed by atoms with E-state index in [2.05, 4.69) is 45.9 Å². The molecule has 0 heterocycles. The van der Waals surface area contributed by atoms with Gasteiger partial charge in [-0.25, -0.2) is 0 Å². The Hall–Kier alpha value is -1.03. The third-order valence-electron chi connectivity index (χ3n) is 2.72. The molecule has 1 nitrogen and oxygen atoms in total. The molecule has 0 aromatic carbocycles. The van der Waals surface area contributed by atoms with E-state index in [1.807, 2.05) is 0 Å². The van der Waals surface area contributed by atoms with Gasteiger partial charge in [0.1, 0.15) is 0 Å². The first-order valence-corrected chi connectivity index (χ1v) is 4.85. The van der Waals surface area contributed by atoms with Gasteiger partial charge in [0.2, 0.25) is 0 Å². The molecule has 70 valence electrons. The topological polar surface area (TPSA) is 23.8 Å². The molecule has 0 amide bonds. The Kier molecular flexibility index (Phi) is 2.93. The summed E-state index contributed by atoms with van der Waals surface area (Å²) in [4.78, 5) is 0. The number of allylic oxidation sites excluding steroid dienone is 4. The van der Waals surface area contributed by atoms with E-state index >= 15 is 0 Å². The molecule has 0 bridgehead atoms. The van der Waals surface area contributed by atoms with Gasteiger partial charge < -0.3 is 0 Å². The lowest BCUT2D eigenvalue weighted by Gasteiger charge is -2.26. The van der Waals surface area contributed by atoms with Crippen LogP contribution in [0.4, 0.5) is 0 Å². The molecule has 1 rings (SSSR count). The smallest absolute Gasteiger partial charge is 0.0711 e. The Morgan fingerprint density at radius 2 is 2.08 bits per heavy atom. The highest BCUT2D eigenvalue weighted by Gasteiger charge is 2.23. The van der Waals surface area contributed by atoms with Gasteiger partial charge in [-0.15, -0.1) is 0 Å². The van der Waals surface area contributed by atoms with E-state index in [9.17, 15) is 0 Å². The molecule has 0 N–H and O–H groups in total. The molecule has 2 unspecified atom stereocenters. The molecule has 13 heavy (non-hydrogen) atoms. The van der Waals surface area contributed by atoms with Crippen LogP contribution in [0.1, 0.15) is 27.7 Å². The Morgan fingerprint density at radius 3 is 2.54 bits per heavy atom. The lowest BCUT2D eigenvalue weighted by atomic mass is 9.78. The summed E-state index contributed by atoms with van der Waals surface area (Å²) in [6.07, 6.45) is 4.29. The van der Waals surface area contributed by atoms with E-state index in [4.69, 9.17) is 5.26 Å². The van der Waals surface area contributed by atoms with Crippen molar-refractivity contribution in [1.82, 2.24) is 0 Å². The van der Waals surface area contributed by atoms with Crippen molar-refractivity contribution in [3.63, 3.8) is 0 Å². The second-order valence-corrected chi connectivity index (χ2v) is 4.15. The predicted octanol–water partition coefficient (Wildman–Crippen LogP) is 3.30. The Morgan fingerprint density at radius 1 is 1.46 bits per heavy atom.